The van der Waals surface area contributed by atoms with Gasteiger partial charge in [-0.2, -0.15) is 0 Å². The Bertz CT molecular complexity index is 3880. The molecule has 0 saturated carbocycles. The molecule has 0 N–H and O–H groups in total. The highest BCUT2D eigenvalue weighted by Crippen LogP contribution is 2.39. The van der Waals surface area contributed by atoms with Crippen molar-refractivity contribution in [1.82, 2.24) is 19.5 Å². The molecule has 3 heterocycles. The van der Waals surface area contributed by atoms with Crippen molar-refractivity contribution < 1.29 is 4.42 Å². The Morgan fingerprint density at radius 3 is 1.43 bits per heavy atom. The first-order chi connectivity index (χ1) is 34.2. The van der Waals surface area contributed by atoms with Gasteiger partial charge in [0, 0.05) is 38.2 Å². The monoisotopic (exact) mass is 898 g/mol. The standard InChI is InChI=1S/C63H42N4OSi/c1-4-22-45(23-5-1)69(46-24-6-2-7-25-46,47-26-8-3-9-27-47)48-28-20-21-44(41-48)61-64-62(54-33-11-10-29-49(54)43-39-40-53-52-32-15-19-38-59(52)68-60(53)42-43)66-63(65-61)55-34-14-18-37-58(55)67-56-35-16-12-30-50(56)51-31-13-17-36-57(51)67/h1-42H. The van der Waals surface area contributed by atoms with Crippen LogP contribution < -0.4 is 20.7 Å². The van der Waals surface area contributed by atoms with Crippen LogP contribution in [-0.4, -0.2) is 27.6 Å². The number of furan rings is 1. The van der Waals surface area contributed by atoms with Gasteiger partial charge in [0.05, 0.1) is 16.7 Å². The molecule has 0 spiro atoms. The molecule has 3 aromatic heterocycles. The summed E-state index contributed by atoms with van der Waals surface area (Å²) >= 11 is 0. The van der Waals surface area contributed by atoms with E-state index in [-0.39, 0.29) is 0 Å². The van der Waals surface area contributed by atoms with E-state index in [1.165, 1.54) is 31.5 Å². The van der Waals surface area contributed by atoms with Crippen molar-refractivity contribution in [1.29, 1.82) is 0 Å². The number of benzene rings is 10. The molecule has 13 rings (SSSR count). The topological polar surface area (TPSA) is 56.7 Å². The lowest BCUT2D eigenvalue weighted by Crippen LogP contribution is -2.74. The first kappa shape index (κ1) is 40.3. The maximum Gasteiger partial charge on any atom is 0.179 e. The summed E-state index contributed by atoms with van der Waals surface area (Å²) in [7, 11) is -2.89. The van der Waals surface area contributed by atoms with Crippen LogP contribution in [0.2, 0.25) is 0 Å². The third-order valence-corrected chi connectivity index (χ3v) is 18.4. The molecule has 5 nitrogen and oxygen atoms in total. The second-order valence-corrected chi connectivity index (χ2v) is 21.3. The van der Waals surface area contributed by atoms with Crippen LogP contribution in [0.3, 0.4) is 0 Å². The van der Waals surface area contributed by atoms with Gasteiger partial charge in [-0.05, 0) is 74.3 Å². The molecule has 0 bridgehead atoms. The van der Waals surface area contributed by atoms with E-state index in [0.717, 1.165) is 66.5 Å². The summed E-state index contributed by atoms with van der Waals surface area (Å²) in [6.45, 7) is 0. The van der Waals surface area contributed by atoms with Crippen molar-refractivity contribution in [2.24, 2.45) is 0 Å². The van der Waals surface area contributed by atoms with Crippen LogP contribution in [0.25, 0.3) is 94.7 Å². The molecule has 10 aromatic carbocycles. The molecule has 0 atom stereocenters. The third-order valence-electron chi connectivity index (χ3n) is 13.6. The van der Waals surface area contributed by atoms with Gasteiger partial charge in [0.1, 0.15) is 11.2 Å². The van der Waals surface area contributed by atoms with Gasteiger partial charge < -0.3 is 8.98 Å². The fourth-order valence-corrected chi connectivity index (χ4v) is 15.4. The van der Waals surface area contributed by atoms with Crippen LogP contribution in [0.4, 0.5) is 0 Å². The number of hydrogen-bond donors (Lipinski definition) is 0. The summed E-state index contributed by atoms with van der Waals surface area (Å²) < 4.78 is 8.76. The average molecular weight is 899 g/mol. The van der Waals surface area contributed by atoms with Crippen molar-refractivity contribution in [3.05, 3.63) is 255 Å². The van der Waals surface area contributed by atoms with Gasteiger partial charge in [-0.1, -0.05) is 212 Å². The number of nitrogens with zero attached hydrogens (tertiary/aromatic N) is 4. The maximum absolute atomic E-state index is 6.42. The van der Waals surface area contributed by atoms with Crippen molar-refractivity contribution in [2.75, 3.05) is 0 Å². The molecule has 0 amide bonds. The molecule has 0 radical (unpaired) electrons. The summed E-state index contributed by atoms with van der Waals surface area (Å²) in [5.74, 6) is 1.75. The SMILES string of the molecule is c1ccc([Si](c2ccccc2)(c2ccccc2)c2cccc(-c3nc(-c4ccccc4-c4ccc5c(c4)oc4ccccc45)nc(-c4ccccc4-n4c5ccccc5c5ccccc54)n3)c2)cc1. The molecule has 0 aliphatic carbocycles. The highest BCUT2D eigenvalue weighted by atomic mass is 28.3. The summed E-state index contributed by atoms with van der Waals surface area (Å²) in [6.07, 6.45) is 0. The van der Waals surface area contributed by atoms with E-state index in [0.29, 0.717) is 17.5 Å². The van der Waals surface area contributed by atoms with Gasteiger partial charge >= 0.3 is 0 Å². The minimum Gasteiger partial charge on any atom is -0.456 e. The fourth-order valence-electron chi connectivity index (χ4n) is 10.6. The summed E-state index contributed by atoms with van der Waals surface area (Å²) in [4.78, 5) is 16.5. The number of para-hydroxylation sites is 4. The number of rotatable bonds is 9. The van der Waals surface area contributed by atoms with Gasteiger partial charge in [0.15, 0.2) is 25.5 Å². The number of aromatic nitrogens is 4. The Morgan fingerprint density at radius 1 is 0.304 bits per heavy atom. The summed E-state index contributed by atoms with van der Waals surface area (Å²) in [5, 5.41) is 9.69. The van der Waals surface area contributed by atoms with E-state index in [2.05, 4.69) is 247 Å². The molecule has 0 saturated heterocycles. The normalized spacial score (nSPS) is 11.8. The van der Waals surface area contributed by atoms with Gasteiger partial charge in [-0.25, -0.2) is 15.0 Å². The Kier molecular flexibility index (Phi) is 9.77. The smallest absolute Gasteiger partial charge is 0.179 e. The first-order valence-electron chi connectivity index (χ1n) is 23.3. The first-order valence-corrected chi connectivity index (χ1v) is 25.3. The summed E-state index contributed by atoms with van der Waals surface area (Å²) in [6, 6.07) is 90.8. The van der Waals surface area contributed by atoms with Gasteiger partial charge in [-0.15, -0.1) is 0 Å². The fraction of sp³-hybridized carbons (Fsp3) is 0. The van der Waals surface area contributed by atoms with Crippen LogP contribution >= 0.6 is 0 Å². The minimum absolute atomic E-state index is 0.579. The van der Waals surface area contributed by atoms with Crippen molar-refractivity contribution in [3.63, 3.8) is 0 Å². The molecule has 6 heteroatoms. The minimum atomic E-state index is -2.89. The van der Waals surface area contributed by atoms with Gasteiger partial charge in [0.25, 0.3) is 0 Å². The lowest BCUT2D eigenvalue weighted by atomic mass is 9.98. The third kappa shape index (κ3) is 6.72. The number of hydrogen-bond acceptors (Lipinski definition) is 4. The molecule has 324 valence electrons. The molecule has 0 aliphatic heterocycles. The Hall–Kier alpha value is -8.97. The van der Waals surface area contributed by atoms with Crippen LogP contribution in [-0.2, 0) is 0 Å². The molecule has 69 heavy (non-hydrogen) atoms. The second-order valence-electron chi connectivity index (χ2n) is 17.5. The van der Waals surface area contributed by atoms with E-state index >= 15 is 0 Å². The van der Waals surface area contributed by atoms with Gasteiger partial charge in [0.2, 0.25) is 0 Å². The van der Waals surface area contributed by atoms with E-state index in [9.17, 15) is 0 Å². The van der Waals surface area contributed by atoms with Crippen molar-refractivity contribution >= 4 is 72.6 Å². The molecule has 0 fully saturated rings. The zero-order chi connectivity index (χ0) is 45.7. The highest BCUT2D eigenvalue weighted by Gasteiger charge is 2.41. The Balaban J connectivity index is 1.06. The zero-order valence-corrected chi connectivity index (χ0v) is 38.4. The molecular formula is C63H42N4OSi. The Morgan fingerprint density at radius 2 is 0.783 bits per heavy atom. The molecule has 13 aromatic rings. The van der Waals surface area contributed by atoms with Crippen LogP contribution in [0.15, 0.2) is 259 Å². The average Bonchev–Trinajstić information content (AvgIpc) is 3.97. The van der Waals surface area contributed by atoms with E-state index < -0.39 is 8.07 Å². The maximum atomic E-state index is 6.42. The zero-order valence-electron chi connectivity index (χ0n) is 37.4. The van der Waals surface area contributed by atoms with Crippen LogP contribution in [0, 0.1) is 0 Å². The predicted octanol–water partition coefficient (Wildman–Crippen LogP) is 12.9. The second kappa shape index (κ2) is 16.7. The van der Waals surface area contributed by atoms with Crippen molar-refractivity contribution in [2.45, 2.75) is 0 Å². The quantitative estimate of drug-likeness (QED) is 0.107. The molecule has 0 aliphatic rings. The largest absolute Gasteiger partial charge is 0.456 e. The lowest BCUT2D eigenvalue weighted by Gasteiger charge is -2.34. The van der Waals surface area contributed by atoms with E-state index in [1.54, 1.807) is 0 Å². The van der Waals surface area contributed by atoms with Crippen LogP contribution in [0.1, 0.15) is 0 Å². The Labute approximate surface area is 400 Å². The molecular weight excluding hydrogens is 857 g/mol. The highest BCUT2D eigenvalue weighted by molar-refractivity contribution is 7.19. The van der Waals surface area contributed by atoms with Crippen LogP contribution in [0.5, 0.6) is 0 Å². The summed E-state index contributed by atoms with van der Waals surface area (Å²) in [5.41, 5.74) is 9.62. The molecule has 0 unspecified atom stereocenters. The van der Waals surface area contributed by atoms with E-state index in [1.807, 2.05) is 12.1 Å². The number of fused-ring (bicyclic) bond motifs is 6. The van der Waals surface area contributed by atoms with Gasteiger partial charge in [-0.3, -0.25) is 0 Å². The predicted molar refractivity (Wildman–Crippen MR) is 287 cm³/mol. The van der Waals surface area contributed by atoms with E-state index in [4.69, 9.17) is 19.4 Å². The lowest BCUT2D eigenvalue weighted by molar-refractivity contribution is 0.669. The van der Waals surface area contributed by atoms with Crippen molar-refractivity contribution in [3.8, 4) is 51.0 Å².